The van der Waals surface area contributed by atoms with Gasteiger partial charge in [0.1, 0.15) is 0 Å². The van der Waals surface area contributed by atoms with Gasteiger partial charge in [0, 0.05) is 13.1 Å². The topological polar surface area (TPSA) is 12.0 Å². The quantitative estimate of drug-likeness (QED) is 0.872. The molecule has 1 nitrogen and oxygen atoms in total. The van der Waals surface area contributed by atoms with Crippen LogP contribution in [0.15, 0.2) is 36.4 Å². The van der Waals surface area contributed by atoms with Crippen molar-refractivity contribution in [2.45, 2.75) is 13.1 Å². The maximum atomic E-state index is 6.02. The van der Waals surface area contributed by atoms with Gasteiger partial charge in [-0.05, 0) is 17.2 Å². The second kappa shape index (κ2) is 5.69. The summed E-state index contributed by atoms with van der Waals surface area (Å²) in [7, 11) is 0. The molecular weight excluding hydrogens is 261 g/mol. The largest absolute Gasteiger partial charge is 0.309 e. The first kappa shape index (κ1) is 11.9. The molecule has 84 valence electrons. The number of benzene rings is 1. The summed E-state index contributed by atoms with van der Waals surface area (Å²) in [5.74, 6) is 0. The Hall–Kier alpha value is -0.540. The zero-order valence-corrected chi connectivity index (χ0v) is 10.9. The van der Waals surface area contributed by atoms with Crippen molar-refractivity contribution in [3.05, 3.63) is 56.2 Å². The molecule has 1 heterocycles. The van der Waals surface area contributed by atoms with E-state index in [1.165, 1.54) is 16.9 Å². The lowest BCUT2D eigenvalue weighted by molar-refractivity contribution is 0.695. The number of hydrogen-bond acceptors (Lipinski definition) is 2. The molecule has 16 heavy (non-hydrogen) atoms. The molecular formula is C12H11Cl2NS. The maximum Gasteiger partial charge on any atom is 0.0989 e. The highest BCUT2D eigenvalue weighted by molar-refractivity contribution is 7.20. The molecule has 0 unspecified atom stereocenters. The maximum absolute atomic E-state index is 6.02. The molecule has 2 rings (SSSR count). The Morgan fingerprint density at radius 2 is 1.81 bits per heavy atom. The fraction of sp³-hybridized carbons (Fsp3) is 0.167. The van der Waals surface area contributed by atoms with E-state index >= 15 is 0 Å². The van der Waals surface area contributed by atoms with Crippen molar-refractivity contribution in [1.82, 2.24) is 5.32 Å². The molecule has 0 radical (unpaired) electrons. The average molecular weight is 272 g/mol. The Kier molecular flexibility index (Phi) is 4.24. The summed E-state index contributed by atoms with van der Waals surface area (Å²) < 4.78 is 1.51. The Morgan fingerprint density at radius 3 is 2.44 bits per heavy atom. The molecule has 0 saturated carbocycles. The number of halogens is 2. The van der Waals surface area contributed by atoms with Crippen molar-refractivity contribution >= 4 is 34.5 Å². The fourth-order valence-electron chi connectivity index (χ4n) is 1.43. The number of nitrogens with one attached hydrogen (secondary N) is 1. The zero-order chi connectivity index (χ0) is 11.4. The third-order valence-corrected chi connectivity index (χ3v) is 3.78. The normalized spacial score (nSPS) is 10.6. The van der Waals surface area contributed by atoms with Crippen LogP contribution in [0, 0.1) is 0 Å². The Balaban J connectivity index is 1.87. The van der Waals surface area contributed by atoms with Crippen LogP contribution >= 0.6 is 34.5 Å². The fourth-order valence-corrected chi connectivity index (χ4v) is 2.92. The van der Waals surface area contributed by atoms with Gasteiger partial charge < -0.3 is 5.32 Å². The van der Waals surface area contributed by atoms with Crippen LogP contribution in [0.2, 0.25) is 8.67 Å². The highest BCUT2D eigenvalue weighted by atomic mass is 35.5. The van der Waals surface area contributed by atoms with Crippen molar-refractivity contribution in [3.63, 3.8) is 0 Å². The van der Waals surface area contributed by atoms with Gasteiger partial charge in [0.25, 0.3) is 0 Å². The van der Waals surface area contributed by atoms with Crippen molar-refractivity contribution in [2.75, 3.05) is 0 Å². The van der Waals surface area contributed by atoms with Crippen molar-refractivity contribution in [3.8, 4) is 0 Å². The number of thiophene rings is 1. The summed E-state index contributed by atoms with van der Waals surface area (Å²) in [6, 6.07) is 12.2. The summed E-state index contributed by atoms with van der Waals surface area (Å²) in [4.78, 5) is 0. The smallest absolute Gasteiger partial charge is 0.0989 e. The van der Waals surface area contributed by atoms with Crippen molar-refractivity contribution in [1.29, 1.82) is 0 Å². The first-order valence-corrected chi connectivity index (χ1v) is 6.51. The van der Waals surface area contributed by atoms with E-state index in [1.807, 2.05) is 24.3 Å². The van der Waals surface area contributed by atoms with E-state index in [0.29, 0.717) is 0 Å². The third kappa shape index (κ3) is 3.22. The molecule has 4 heteroatoms. The molecule has 0 atom stereocenters. The molecule has 0 bridgehead atoms. The summed E-state index contributed by atoms with van der Waals surface area (Å²) in [5.41, 5.74) is 2.33. The molecule has 2 aromatic rings. The van der Waals surface area contributed by atoms with Crippen LogP contribution in [0.5, 0.6) is 0 Å². The van der Waals surface area contributed by atoms with E-state index < -0.39 is 0 Å². The molecule has 1 N–H and O–H groups in total. The standard InChI is InChI=1S/C12H11Cl2NS/c13-11-6-10(12(14)16-11)8-15-7-9-4-2-1-3-5-9/h1-6,15H,7-8H2. The molecule has 0 saturated heterocycles. The first-order chi connectivity index (χ1) is 7.75. The molecule has 0 fully saturated rings. The van der Waals surface area contributed by atoms with Gasteiger partial charge in [0.2, 0.25) is 0 Å². The molecule has 0 aliphatic carbocycles. The Bertz CT molecular complexity index is 453. The SMILES string of the molecule is Clc1cc(CNCc2ccccc2)c(Cl)s1. The zero-order valence-electron chi connectivity index (χ0n) is 8.54. The van der Waals surface area contributed by atoms with Crippen LogP contribution in [-0.4, -0.2) is 0 Å². The molecule has 1 aromatic carbocycles. The molecule has 0 aliphatic heterocycles. The van der Waals surface area contributed by atoms with E-state index in [1.54, 1.807) is 0 Å². The van der Waals surface area contributed by atoms with Crippen LogP contribution in [0.3, 0.4) is 0 Å². The lowest BCUT2D eigenvalue weighted by Crippen LogP contribution is -2.12. The molecule has 0 spiro atoms. The average Bonchev–Trinajstić information content (AvgIpc) is 2.59. The summed E-state index contributed by atoms with van der Waals surface area (Å²) in [5, 5.41) is 3.34. The minimum absolute atomic E-state index is 0.738. The highest BCUT2D eigenvalue weighted by Gasteiger charge is 2.04. The minimum atomic E-state index is 0.738. The monoisotopic (exact) mass is 271 g/mol. The minimum Gasteiger partial charge on any atom is -0.309 e. The number of hydrogen-bond donors (Lipinski definition) is 1. The van der Waals surface area contributed by atoms with Gasteiger partial charge in [-0.2, -0.15) is 0 Å². The molecule has 0 amide bonds. The van der Waals surface area contributed by atoms with Gasteiger partial charge in [-0.25, -0.2) is 0 Å². The van der Waals surface area contributed by atoms with Crippen LogP contribution in [0.25, 0.3) is 0 Å². The number of rotatable bonds is 4. The summed E-state index contributed by atoms with van der Waals surface area (Å²) in [6.07, 6.45) is 0. The first-order valence-electron chi connectivity index (χ1n) is 4.94. The van der Waals surface area contributed by atoms with Gasteiger partial charge in [0.15, 0.2) is 0 Å². The van der Waals surface area contributed by atoms with Crippen molar-refractivity contribution < 1.29 is 0 Å². The summed E-state index contributed by atoms with van der Waals surface area (Å²) >= 11 is 13.3. The van der Waals surface area contributed by atoms with Gasteiger partial charge in [-0.15, -0.1) is 11.3 Å². The Labute approximate surface area is 109 Å². The van der Waals surface area contributed by atoms with Gasteiger partial charge >= 0.3 is 0 Å². The second-order valence-corrected chi connectivity index (χ2v) is 5.72. The summed E-state index contributed by atoms with van der Waals surface area (Å²) in [6.45, 7) is 1.58. The van der Waals surface area contributed by atoms with E-state index in [9.17, 15) is 0 Å². The molecule has 0 aliphatic rings. The van der Waals surface area contributed by atoms with E-state index in [2.05, 4.69) is 17.4 Å². The van der Waals surface area contributed by atoms with Gasteiger partial charge in [0.05, 0.1) is 8.67 Å². The molecule has 1 aromatic heterocycles. The highest BCUT2D eigenvalue weighted by Crippen LogP contribution is 2.30. The van der Waals surface area contributed by atoms with E-state index in [4.69, 9.17) is 23.2 Å². The lowest BCUT2D eigenvalue weighted by Gasteiger charge is -2.03. The van der Waals surface area contributed by atoms with Crippen LogP contribution in [0.4, 0.5) is 0 Å². The van der Waals surface area contributed by atoms with Gasteiger partial charge in [-0.1, -0.05) is 53.5 Å². The Morgan fingerprint density at radius 1 is 1.06 bits per heavy atom. The van der Waals surface area contributed by atoms with Crippen LogP contribution in [-0.2, 0) is 13.1 Å². The van der Waals surface area contributed by atoms with E-state index in [-0.39, 0.29) is 0 Å². The predicted octanol–water partition coefficient (Wildman–Crippen LogP) is 4.34. The second-order valence-electron chi connectivity index (χ2n) is 3.44. The van der Waals surface area contributed by atoms with Gasteiger partial charge in [-0.3, -0.25) is 0 Å². The lowest BCUT2D eigenvalue weighted by atomic mass is 10.2. The van der Waals surface area contributed by atoms with Crippen LogP contribution < -0.4 is 5.32 Å². The van der Waals surface area contributed by atoms with Crippen molar-refractivity contribution in [2.24, 2.45) is 0 Å². The third-order valence-electron chi connectivity index (χ3n) is 2.21. The predicted molar refractivity (Wildman–Crippen MR) is 71.3 cm³/mol. The van der Waals surface area contributed by atoms with E-state index in [0.717, 1.165) is 27.3 Å². The van der Waals surface area contributed by atoms with Crippen LogP contribution in [0.1, 0.15) is 11.1 Å².